The minimum Gasteiger partial charge on any atom is -0.391 e. The van der Waals surface area contributed by atoms with E-state index in [2.05, 4.69) is 9.71 Å². The molecule has 0 bridgehead atoms. The van der Waals surface area contributed by atoms with Crippen LogP contribution in [0.1, 0.15) is 13.3 Å². The van der Waals surface area contributed by atoms with Crippen molar-refractivity contribution in [3.8, 4) is 0 Å². The van der Waals surface area contributed by atoms with E-state index < -0.39 is 27.8 Å². The molecule has 2 aromatic rings. The van der Waals surface area contributed by atoms with Crippen LogP contribution in [0, 0.1) is 17.6 Å². The fraction of sp³-hybridized carbons (Fsp3) is 0.353. The number of rotatable bonds is 4. The second-order valence-corrected chi connectivity index (χ2v) is 8.05. The Morgan fingerprint density at radius 1 is 1.23 bits per heavy atom. The average molecular weight is 383 g/mol. The molecule has 1 fully saturated rings. The van der Waals surface area contributed by atoms with Gasteiger partial charge in [-0.3, -0.25) is 4.72 Å². The highest BCUT2D eigenvalue weighted by molar-refractivity contribution is 7.92. The Balaban J connectivity index is 1.75. The molecule has 6 nitrogen and oxygen atoms in total. The molecule has 2 unspecified atom stereocenters. The first kappa shape index (κ1) is 18.5. The fourth-order valence-electron chi connectivity index (χ4n) is 2.75. The van der Waals surface area contributed by atoms with Crippen LogP contribution in [0.3, 0.4) is 0 Å². The largest absolute Gasteiger partial charge is 0.391 e. The Kier molecular flexibility index (Phi) is 5.10. The molecule has 0 amide bonds. The summed E-state index contributed by atoms with van der Waals surface area (Å²) in [6.07, 6.45) is 1.56. The number of β-amino-alcohol motifs (C(OH)–C–C–N with tert-alkyl or cyclic N) is 1. The van der Waals surface area contributed by atoms with Crippen LogP contribution in [0.5, 0.6) is 0 Å². The maximum absolute atomic E-state index is 13.2. The molecule has 0 aliphatic carbocycles. The van der Waals surface area contributed by atoms with E-state index in [4.69, 9.17) is 0 Å². The van der Waals surface area contributed by atoms with Gasteiger partial charge in [-0.2, -0.15) is 0 Å². The lowest BCUT2D eigenvalue weighted by atomic mass is 9.96. The third kappa shape index (κ3) is 3.94. The third-order valence-corrected chi connectivity index (χ3v) is 5.81. The summed E-state index contributed by atoms with van der Waals surface area (Å²) in [4.78, 5) is 5.96. The zero-order valence-electron chi connectivity index (χ0n) is 14.1. The summed E-state index contributed by atoms with van der Waals surface area (Å²) in [7, 11) is -3.98. The lowest BCUT2D eigenvalue weighted by molar-refractivity contribution is 0.102. The minimum absolute atomic E-state index is 0.0823. The number of pyridine rings is 1. The molecule has 3 rings (SSSR count). The normalized spacial score (nSPS) is 20.8. The molecule has 1 aromatic carbocycles. The average Bonchev–Trinajstić information content (AvgIpc) is 2.60. The van der Waals surface area contributed by atoms with Crippen molar-refractivity contribution in [1.82, 2.24) is 4.98 Å². The smallest absolute Gasteiger partial charge is 0.263 e. The Bertz CT molecular complexity index is 891. The molecule has 1 aliphatic rings. The van der Waals surface area contributed by atoms with E-state index in [1.54, 1.807) is 6.07 Å². The number of aliphatic hydroxyl groups excluding tert-OH is 1. The Morgan fingerprint density at radius 3 is 2.62 bits per heavy atom. The molecule has 1 aromatic heterocycles. The highest BCUT2D eigenvalue weighted by Crippen LogP contribution is 2.23. The van der Waals surface area contributed by atoms with Gasteiger partial charge < -0.3 is 10.0 Å². The highest BCUT2D eigenvalue weighted by atomic mass is 32.2. The van der Waals surface area contributed by atoms with E-state index in [-0.39, 0.29) is 16.5 Å². The molecule has 1 aliphatic heterocycles. The van der Waals surface area contributed by atoms with Crippen molar-refractivity contribution in [2.75, 3.05) is 22.7 Å². The number of hydrogen-bond acceptors (Lipinski definition) is 5. The molecule has 140 valence electrons. The van der Waals surface area contributed by atoms with Gasteiger partial charge in [0.05, 0.1) is 11.8 Å². The summed E-state index contributed by atoms with van der Waals surface area (Å²) in [6.45, 7) is 3.15. The summed E-state index contributed by atoms with van der Waals surface area (Å²) in [5, 5.41) is 9.97. The monoisotopic (exact) mass is 383 g/mol. The molecule has 0 saturated carbocycles. The third-order valence-electron chi connectivity index (χ3n) is 4.45. The van der Waals surface area contributed by atoms with Crippen LogP contribution in [0.4, 0.5) is 20.3 Å². The molecule has 0 radical (unpaired) electrons. The van der Waals surface area contributed by atoms with E-state index >= 15 is 0 Å². The van der Waals surface area contributed by atoms with Gasteiger partial charge in [0.25, 0.3) is 10.0 Å². The zero-order chi connectivity index (χ0) is 18.9. The van der Waals surface area contributed by atoms with Gasteiger partial charge in [-0.1, -0.05) is 6.92 Å². The quantitative estimate of drug-likeness (QED) is 0.847. The molecule has 1 saturated heterocycles. The van der Waals surface area contributed by atoms with Crippen molar-refractivity contribution in [3.05, 3.63) is 48.2 Å². The number of nitrogens with one attached hydrogen (secondary N) is 1. The van der Waals surface area contributed by atoms with Crippen molar-refractivity contribution < 1.29 is 22.3 Å². The summed E-state index contributed by atoms with van der Waals surface area (Å²) < 4.78 is 53.1. The van der Waals surface area contributed by atoms with Crippen molar-refractivity contribution in [1.29, 1.82) is 0 Å². The summed E-state index contributed by atoms with van der Waals surface area (Å²) in [5.41, 5.74) is -0.0823. The van der Waals surface area contributed by atoms with Gasteiger partial charge in [-0.25, -0.2) is 22.2 Å². The number of aromatic nitrogens is 1. The van der Waals surface area contributed by atoms with Crippen LogP contribution >= 0.6 is 0 Å². The molecule has 26 heavy (non-hydrogen) atoms. The van der Waals surface area contributed by atoms with Gasteiger partial charge in [0.2, 0.25) is 0 Å². The standard InChI is InChI=1S/C17H19F2N3O3S/c1-11-6-7-22(10-16(11)23)17-5-3-13(9-20-17)26(24,25)21-12-2-4-14(18)15(19)8-12/h2-5,8-9,11,16,21,23H,6-7,10H2,1H3. The first-order valence-electron chi connectivity index (χ1n) is 8.13. The highest BCUT2D eigenvalue weighted by Gasteiger charge is 2.25. The van der Waals surface area contributed by atoms with Crippen LogP contribution in [0.15, 0.2) is 41.4 Å². The number of sulfonamides is 1. The molecule has 2 N–H and O–H groups in total. The van der Waals surface area contributed by atoms with Crippen LogP contribution in [-0.2, 0) is 10.0 Å². The minimum atomic E-state index is -3.98. The predicted molar refractivity (Wildman–Crippen MR) is 93.4 cm³/mol. The predicted octanol–water partition coefficient (Wildman–Crippen LogP) is 2.37. The van der Waals surface area contributed by atoms with Crippen LogP contribution in [0.25, 0.3) is 0 Å². The van der Waals surface area contributed by atoms with E-state index in [1.807, 2.05) is 11.8 Å². The Morgan fingerprint density at radius 2 is 2.00 bits per heavy atom. The van der Waals surface area contributed by atoms with Gasteiger partial charge in [-0.15, -0.1) is 0 Å². The van der Waals surface area contributed by atoms with Crippen molar-refractivity contribution >= 4 is 21.5 Å². The van der Waals surface area contributed by atoms with Crippen molar-refractivity contribution in [2.45, 2.75) is 24.3 Å². The Labute approximate surface area is 150 Å². The maximum Gasteiger partial charge on any atom is 0.263 e. The van der Waals surface area contributed by atoms with E-state index in [1.165, 1.54) is 12.3 Å². The van der Waals surface area contributed by atoms with Gasteiger partial charge in [-0.05, 0) is 36.6 Å². The maximum atomic E-state index is 13.2. The van der Waals surface area contributed by atoms with E-state index in [0.29, 0.717) is 12.4 Å². The molecular weight excluding hydrogens is 364 g/mol. The van der Waals surface area contributed by atoms with Gasteiger partial charge >= 0.3 is 0 Å². The summed E-state index contributed by atoms with van der Waals surface area (Å²) in [6, 6.07) is 5.69. The lowest BCUT2D eigenvalue weighted by Gasteiger charge is -2.35. The number of benzene rings is 1. The molecule has 9 heteroatoms. The number of aliphatic hydroxyl groups is 1. The number of nitrogens with zero attached hydrogens (tertiary/aromatic N) is 2. The van der Waals surface area contributed by atoms with Gasteiger partial charge in [0, 0.05) is 25.4 Å². The first-order chi connectivity index (χ1) is 12.3. The second-order valence-electron chi connectivity index (χ2n) is 6.37. The first-order valence-corrected chi connectivity index (χ1v) is 9.61. The number of piperidine rings is 1. The molecule has 0 spiro atoms. The SMILES string of the molecule is CC1CCN(c2ccc(S(=O)(=O)Nc3ccc(F)c(F)c3)cn2)CC1O. The summed E-state index contributed by atoms with van der Waals surface area (Å²) in [5.74, 6) is -1.41. The van der Waals surface area contributed by atoms with Gasteiger partial charge in [0.1, 0.15) is 10.7 Å². The number of anilines is 2. The van der Waals surface area contributed by atoms with Gasteiger partial charge in [0.15, 0.2) is 11.6 Å². The van der Waals surface area contributed by atoms with E-state index in [9.17, 15) is 22.3 Å². The molecule has 2 heterocycles. The molecular formula is C17H19F2N3O3S. The van der Waals surface area contributed by atoms with E-state index in [0.717, 1.165) is 31.2 Å². The second kappa shape index (κ2) is 7.16. The van der Waals surface area contributed by atoms with Crippen molar-refractivity contribution in [3.63, 3.8) is 0 Å². The van der Waals surface area contributed by atoms with Crippen LogP contribution < -0.4 is 9.62 Å². The Hall–Kier alpha value is -2.26. The fourth-order valence-corrected chi connectivity index (χ4v) is 3.74. The zero-order valence-corrected chi connectivity index (χ0v) is 14.9. The number of hydrogen-bond donors (Lipinski definition) is 2. The number of halogens is 2. The molecule has 2 atom stereocenters. The van der Waals surface area contributed by atoms with Crippen LogP contribution in [-0.4, -0.2) is 37.7 Å². The summed E-state index contributed by atoms with van der Waals surface area (Å²) >= 11 is 0. The topological polar surface area (TPSA) is 82.5 Å². The van der Waals surface area contributed by atoms with Crippen molar-refractivity contribution in [2.24, 2.45) is 5.92 Å². The van der Waals surface area contributed by atoms with Crippen LogP contribution in [0.2, 0.25) is 0 Å². The lowest BCUT2D eigenvalue weighted by Crippen LogP contribution is -2.43.